The first-order valence-corrected chi connectivity index (χ1v) is 7.26. The first-order chi connectivity index (χ1) is 10.3. The van der Waals surface area contributed by atoms with Crippen molar-refractivity contribution < 1.29 is 2.85 Å². The smallest absolute Gasteiger partial charge is 0.187 e. The number of nitrogens with zero attached hydrogens (tertiary/aromatic N) is 1. The van der Waals surface area contributed by atoms with Crippen molar-refractivity contribution in [2.75, 3.05) is 11.1 Å². The second-order valence-corrected chi connectivity index (χ2v) is 5.54. The number of nitrogens with two attached hydrogens (primary N) is 1. The number of nitrogens with one attached hydrogen (secondary N) is 2. The lowest BCUT2D eigenvalue weighted by Crippen LogP contribution is -1.95. The van der Waals surface area contributed by atoms with Crippen molar-refractivity contribution in [3.63, 3.8) is 0 Å². The molecule has 0 fully saturated rings. The molecule has 0 unspecified atom stereocenters. The molecule has 3 aromatic rings. The van der Waals surface area contributed by atoms with Crippen LogP contribution in [0.2, 0.25) is 0 Å². The van der Waals surface area contributed by atoms with Gasteiger partial charge in [-0.25, -0.2) is 4.98 Å². The van der Waals surface area contributed by atoms with Crippen LogP contribution < -0.4 is 11.1 Å². The Morgan fingerprint density at radius 2 is 2.00 bits per heavy atom. The molecule has 0 amide bonds. The van der Waals surface area contributed by atoms with Crippen LogP contribution in [0.4, 0.5) is 16.5 Å². The highest BCUT2D eigenvalue weighted by Gasteiger charge is 2.05. The minimum Gasteiger partial charge on any atom is -0.398 e. The van der Waals surface area contributed by atoms with Crippen LogP contribution in [0.5, 0.6) is 0 Å². The molecule has 0 aliphatic heterocycles. The topological polar surface area (TPSA) is 74.8 Å². The molecule has 21 heavy (non-hydrogen) atoms. The van der Waals surface area contributed by atoms with E-state index in [2.05, 4.69) is 22.4 Å². The first-order valence-electron chi connectivity index (χ1n) is 6.44. The lowest BCUT2D eigenvalue weighted by atomic mass is 10.2. The van der Waals surface area contributed by atoms with Crippen molar-refractivity contribution in [1.82, 2.24) is 4.98 Å². The monoisotopic (exact) mass is 298 g/mol. The molecule has 1 heterocycles. The molecular weight excluding hydrogens is 280 g/mol. The predicted octanol–water partition coefficient (Wildman–Crippen LogP) is 4.63. The Morgan fingerprint density at radius 3 is 2.76 bits per heavy atom. The van der Waals surface area contributed by atoms with E-state index in [9.17, 15) is 0 Å². The van der Waals surface area contributed by atoms with Crippen molar-refractivity contribution >= 4 is 34.1 Å². The molecule has 0 saturated heterocycles. The Hall–Kier alpha value is -2.66. The molecule has 3 rings (SSSR count). The minimum atomic E-state index is 0. The van der Waals surface area contributed by atoms with Gasteiger partial charge in [-0.05, 0) is 23.8 Å². The van der Waals surface area contributed by atoms with Crippen LogP contribution in [-0.2, 0) is 0 Å². The van der Waals surface area contributed by atoms with Gasteiger partial charge in [0.15, 0.2) is 5.13 Å². The maximum absolute atomic E-state index is 7.33. The highest BCUT2D eigenvalue weighted by Crippen LogP contribution is 2.30. The number of benzene rings is 2. The van der Waals surface area contributed by atoms with E-state index >= 15 is 0 Å². The fourth-order valence-corrected chi connectivity index (χ4v) is 2.81. The van der Waals surface area contributed by atoms with E-state index in [1.165, 1.54) is 6.21 Å². The van der Waals surface area contributed by atoms with Gasteiger partial charge in [0.2, 0.25) is 0 Å². The van der Waals surface area contributed by atoms with Gasteiger partial charge in [-0.15, -0.1) is 0 Å². The van der Waals surface area contributed by atoms with Gasteiger partial charge in [-0.1, -0.05) is 41.7 Å². The maximum atomic E-state index is 7.33. The van der Waals surface area contributed by atoms with Gasteiger partial charge in [0.05, 0.1) is 4.88 Å². The highest BCUT2D eigenvalue weighted by molar-refractivity contribution is 7.18. The molecule has 0 saturated carbocycles. The summed E-state index contributed by atoms with van der Waals surface area (Å²) >= 11 is 1.59. The summed E-state index contributed by atoms with van der Waals surface area (Å²) in [6.45, 7) is 0. The number of thiazole rings is 1. The molecule has 1 aromatic heterocycles. The number of hydrogen-bond acceptors (Lipinski definition) is 5. The molecule has 0 atom stereocenters. The predicted molar refractivity (Wildman–Crippen MR) is 93.8 cm³/mol. The summed E-state index contributed by atoms with van der Waals surface area (Å²) < 4.78 is 0. The second kappa shape index (κ2) is 5.76. The normalized spacial score (nSPS) is 10.3. The van der Waals surface area contributed by atoms with E-state index in [0.717, 1.165) is 21.3 Å². The number of hydrogen-bond donors (Lipinski definition) is 3. The molecule has 4 nitrogen and oxygen atoms in total. The van der Waals surface area contributed by atoms with Crippen LogP contribution in [0.1, 0.15) is 8.42 Å². The molecule has 0 aliphatic rings. The summed E-state index contributed by atoms with van der Waals surface area (Å²) in [6.07, 6.45) is 3.11. The van der Waals surface area contributed by atoms with E-state index in [0.29, 0.717) is 11.3 Å². The second-order valence-electron chi connectivity index (χ2n) is 4.51. The highest BCUT2D eigenvalue weighted by atomic mass is 32.1. The van der Waals surface area contributed by atoms with Crippen molar-refractivity contribution in [3.8, 4) is 10.4 Å². The summed E-state index contributed by atoms with van der Waals surface area (Å²) in [6, 6.07) is 15.7. The number of nitrogen functional groups attached to an aromatic ring is 1. The maximum Gasteiger partial charge on any atom is 0.187 e. The molecule has 108 valence electrons. The van der Waals surface area contributed by atoms with Crippen LogP contribution in [0, 0.1) is 5.41 Å². The molecule has 0 spiro atoms. The molecule has 2 aromatic carbocycles. The van der Waals surface area contributed by atoms with Crippen LogP contribution in [-0.4, -0.2) is 11.2 Å². The molecule has 0 bridgehead atoms. The summed E-state index contributed by atoms with van der Waals surface area (Å²) in [5, 5.41) is 11.4. The summed E-state index contributed by atoms with van der Waals surface area (Å²) in [7, 11) is 0. The standard InChI is InChI=1S/C16H14N4S.2H2/c17-9-12-8-13(6-7-14(12)18)20-16-19-10-15(21-16)11-4-2-1-3-5-11;;/h1-10,17H,18H2,(H,19,20);2*1H. The third-order valence-corrected chi connectivity index (χ3v) is 4.02. The van der Waals surface area contributed by atoms with Crippen LogP contribution >= 0.6 is 11.3 Å². The minimum absolute atomic E-state index is 0. The van der Waals surface area contributed by atoms with Gasteiger partial charge in [-0.3, -0.25) is 0 Å². The number of aromatic nitrogens is 1. The van der Waals surface area contributed by atoms with E-state index in [-0.39, 0.29) is 2.85 Å². The Bertz CT molecular complexity index is 775. The Balaban J connectivity index is 0.00000132. The fraction of sp³-hybridized carbons (Fsp3) is 0. The van der Waals surface area contributed by atoms with Gasteiger partial charge in [-0.2, -0.15) is 0 Å². The van der Waals surface area contributed by atoms with E-state index < -0.39 is 0 Å². The third-order valence-electron chi connectivity index (χ3n) is 3.06. The average Bonchev–Trinajstić information content (AvgIpc) is 2.98. The summed E-state index contributed by atoms with van der Waals surface area (Å²) in [5.74, 6) is 0. The zero-order chi connectivity index (χ0) is 14.7. The average molecular weight is 298 g/mol. The van der Waals surface area contributed by atoms with Crippen molar-refractivity contribution in [2.45, 2.75) is 0 Å². The number of rotatable bonds is 4. The molecule has 0 aliphatic carbocycles. The molecule has 5 heteroatoms. The summed E-state index contributed by atoms with van der Waals surface area (Å²) in [4.78, 5) is 5.50. The van der Waals surface area contributed by atoms with Gasteiger partial charge in [0.1, 0.15) is 0 Å². The first kappa shape index (κ1) is 13.3. The lowest BCUT2D eigenvalue weighted by molar-refractivity contribution is 1.39. The van der Waals surface area contributed by atoms with E-state index in [4.69, 9.17) is 11.1 Å². The largest absolute Gasteiger partial charge is 0.398 e. The molecular formula is C16H18N4S. The van der Waals surface area contributed by atoms with Crippen LogP contribution in [0.15, 0.2) is 54.7 Å². The van der Waals surface area contributed by atoms with Gasteiger partial charge < -0.3 is 16.5 Å². The Labute approximate surface area is 129 Å². The zero-order valence-corrected chi connectivity index (χ0v) is 12.0. The lowest BCUT2D eigenvalue weighted by Gasteiger charge is -2.05. The summed E-state index contributed by atoms with van der Waals surface area (Å²) in [5.41, 5.74) is 9.10. The van der Waals surface area contributed by atoms with E-state index in [1.54, 1.807) is 17.4 Å². The zero-order valence-electron chi connectivity index (χ0n) is 11.2. The quantitative estimate of drug-likeness (QED) is 0.486. The van der Waals surface area contributed by atoms with Gasteiger partial charge >= 0.3 is 0 Å². The van der Waals surface area contributed by atoms with Crippen LogP contribution in [0.3, 0.4) is 0 Å². The number of anilines is 3. The Morgan fingerprint density at radius 1 is 1.19 bits per heavy atom. The van der Waals surface area contributed by atoms with Crippen molar-refractivity contribution in [2.24, 2.45) is 0 Å². The van der Waals surface area contributed by atoms with Crippen molar-refractivity contribution in [3.05, 3.63) is 60.3 Å². The van der Waals surface area contributed by atoms with Gasteiger partial charge in [0, 0.05) is 32.2 Å². The fourth-order valence-electron chi connectivity index (χ4n) is 1.97. The van der Waals surface area contributed by atoms with E-state index in [1.807, 2.05) is 36.5 Å². The molecule has 0 radical (unpaired) electrons. The van der Waals surface area contributed by atoms with Crippen molar-refractivity contribution in [1.29, 1.82) is 5.41 Å². The Kier molecular flexibility index (Phi) is 3.66. The third kappa shape index (κ3) is 2.93. The van der Waals surface area contributed by atoms with Crippen LogP contribution in [0.25, 0.3) is 10.4 Å². The van der Waals surface area contributed by atoms with Gasteiger partial charge in [0.25, 0.3) is 0 Å². The SMILES string of the molecule is N=Cc1cc(Nc2ncc(-c3ccccc3)s2)ccc1N.[HH].[HH]. The molecule has 4 N–H and O–H groups in total.